The molecule has 1 aliphatic carbocycles. The molecule has 5 N–H and O–H groups in total. The molecule has 158 valence electrons. The first-order chi connectivity index (χ1) is 13.2. The molecule has 0 spiro atoms. The van der Waals surface area contributed by atoms with Gasteiger partial charge in [-0.3, -0.25) is 0 Å². The van der Waals surface area contributed by atoms with Gasteiger partial charge >= 0.3 is 5.97 Å². The molecule has 0 unspecified atom stereocenters. The summed E-state index contributed by atoms with van der Waals surface area (Å²) in [5, 5.41) is 49.9. The molecule has 0 bridgehead atoms. The predicted molar refractivity (Wildman–Crippen MR) is 91.2 cm³/mol. The van der Waals surface area contributed by atoms with E-state index in [-0.39, 0.29) is 5.57 Å². The average Bonchev–Trinajstić information content (AvgIpc) is 2.91. The smallest absolute Gasteiger partial charge is 0.337 e. The first-order valence-corrected chi connectivity index (χ1v) is 8.93. The number of esters is 1. The van der Waals surface area contributed by atoms with Crippen molar-refractivity contribution in [3.63, 3.8) is 0 Å². The van der Waals surface area contributed by atoms with Crippen LogP contribution in [0.4, 0.5) is 0 Å². The SMILES string of the molecule is COC(=O)C1=CO[C@@H](O[C@@H]2O[C@H](CO)[C@@H](O)[C@H](O)[C@H]2O)[C@@H]2C(C)=C[C@@H](O)[C@@]12C. The normalized spacial score (nSPS) is 45.6. The van der Waals surface area contributed by atoms with Crippen molar-refractivity contribution in [3.05, 3.63) is 23.5 Å². The van der Waals surface area contributed by atoms with Crippen molar-refractivity contribution in [1.82, 2.24) is 0 Å². The van der Waals surface area contributed by atoms with Crippen molar-refractivity contribution in [2.24, 2.45) is 11.3 Å². The molecular formula is C18H26O10. The summed E-state index contributed by atoms with van der Waals surface area (Å²) in [7, 11) is 1.22. The Bertz CT molecular complexity index is 673. The van der Waals surface area contributed by atoms with Gasteiger partial charge in [0, 0.05) is 5.41 Å². The lowest BCUT2D eigenvalue weighted by Gasteiger charge is -2.46. The summed E-state index contributed by atoms with van der Waals surface area (Å²) in [6, 6.07) is 0. The molecule has 3 aliphatic rings. The summed E-state index contributed by atoms with van der Waals surface area (Å²) < 4.78 is 21.4. The molecule has 0 amide bonds. The van der Waals surface area contributed by atoms with Gasteiger partial charge in [-0.1, -0.05) is 18.6 Å². The fourth-order valence-electron chi connectivity index (χ4n) is 4.15. The first-order valence-electron chi connectivity index (χ1n) is 8.93. The number of carbonyl (C=O) groups is 1. The van der Waals surface area contributed by atoms with Gasteiger partial charge in [0.25, 0.3) is 0 Å². The van der Waals surface area contributed by atoms with Gasteiger partial charge in [0.1, 0.15) is 24.4 Å². The quantitative estimate of drug-likeness (QED) is 0.268. The van der Waals surface area contributed by atoms with Crippen molar-refractivity contribution in [2.45, 2.75) is 56.9 Å². The van der Waals surface area contributed by atoms with Crippen LogP contribution in [0.25, 0.3) is 0 Å². The van der Waals surface area contributed by atoms with Gasteiger partial charge in [0.2, 0.25) is 6.29 Å². The molecule has 1 fully saturated rings. The highest BCUT2D eigenvalue weighted by molar-refractivity contribution is 5.90. The van der Waals surface area contributed by atoms with Crippen molar-refractivity contribution >= 4 is 5.97 Å². The van der Waals surface area contributed by atoms with Crippen molar-refractivity contribution < 1.29 is 49.3 Å². The minimum Gasteiger partial charge on any atom is -0.471 e. The summed E-state index contributed by atoms with van der Waals surface area (Å²) >= 11 is 0. The fraction of sp³-hybridized carbons (Fsp3) is 0.722. The van der Waals surface area contributed by atoms with Gasteiger partial charge in [-0.05, 0) is 6.92 Å². The number of methoxy groups -OCH3 is 1. The third kappa shape index (κ3) is 3.14. The highest BCUT2D eigenvalue weighted by Gasteiger charge is 2.58. The second-order valence-electron chi connectivity index (χ2n) is 7.48. The van der Waals surface area contributed by atoms with E-state index in [1.54, 1.807) is 19.9 Å². The zero-order chi connectivity index (χ0) is 20.8. The Morgan fingerprint density at radius 1 is 1.18 bits per heavy atom. The van der Waals surface area contributed by atoms with E-state index in [1.807, 2.05) is 0 Å². The van der Waals surface area contributed by atoms with Gasteiger partial charge < -0.3 is 44.5 Å². The van der Waals surface area contributed by atoms with Crippen LogP contribution in [0.1, 0.15) is 13.8 Å². The molecule has 10 nitrogen and oxygen atoms in total. The zero-order valence-electron chi connectivity index (χ0n) is 15.8. The maximum atomic E-state index is 12.2. The minimum absolute atomic E-state index is 0.134. The zero-order valence-corrected chi connectivity index (χ0v) is 15.8. The maximum Gasteiger partial charge on any atom is 0.337 e. The highest BCUT2D eigenvalue weighted by Crippen LogP contribution is 2.53. The summed E-state index contributed by atoms with van der Waals surface area (Å²) in [6.45, 7) is 2.82. The van der Waals surface area contributed by atoms with E-state index < -0.39 is 67.0 Å². The maximum absolute atomic E-state index is 12.2. The largest absolute Gasteiger partial charge is 0.471 e. The average molecular weight is 402 g/mol. The van der Waals surface area contributed by atoms with Gasteiger partial charge in [-0.2, -0.15) is 0 Å². The number of rotatable bonds is 4. The van der Waals surface area contributed by atoms with E-state index in [0.29, 0.717) is 5.57 Å². The standard InChI is InChI=1S/C18H26O10/c1-7-4-10(20)18(2)8(15(24)25-3)6-26-16(11(7)18)28-17-14(23)13(22)12(21)9(5-19)27-17/h4,6,9-14,16-17,19-23H,5H2,1-3H3/t9-,10-,11+,12-,13+,14-,16+,17+,18-/m1/s1. The molecule has 0 aromatic heterocycles. The Hall–Kier alpha value is -1.53. The van der Waals surface area contributed by atoms with E-state index in [1.165, 1.54) is 7.11 Å². The van der Waals surface area contributed by atoms with Gasteiger partial charge in [0.05, 0.1) is 37.6 Å². The van der Waals surface area contributed by atoms with Crippen LogP contribution >= 0.6 is 0 Å². The molecule has 10 heteroatoms. The third-order valence-corrected chi connectivity index (χ3v) is 5.87. The Kier molecular flexibility index (Phi) is 5.84. The number of aliphatic hydroxyl groups is 5. The molecule has 2 aliphatic heterocycles. The van der Waals surface area contributed by atoms with Crippen LogP contribution < -0.4 is 0 Å². The monoisotopic (exact) mass is 402 g/mol. The van der Waals surface area contributed by atoms with E-state index in [9.17, 15) is 30.3 Å². The lowest BCUT2D eigenvalue weighted by Crippen LogP contribution is -2.60. The number of ether oxygens (including phenoxy) is 4. The topological polar surface area (TPSA) is 155 Å². The molecule has 0 radical (unpaired) electrons. The first kappa shape index (κ1) is 21.2. The van der Waals surface area contributed by atoms with E-state index in [4.69, 9.17) is 18.9 Å². The Morgan fingerprint density at radius 2 is 1.86 bits per heavy atom. The minimum atomic E-state index is -1.60. The van der Waals surface area contributed by atoms with Gasteiger partial charge in [-0.25, -0.2) is 4.79 Å². The van der Waals surface area contributed by atoms with Crippen LogP contribution in [0.2, 0.25) is 0 Å². The Balaban J connectivity index is 1.88. The Morgan fingerprint density at radius 3 is 2.46 bits per heavy atom. The number of hydrogen-bond donors (Lipinski definition) is 5. The number of aliphatic hydroxyl groups excluding tert-OH is 5. The summed E-state index contributed by atoms with van der Waals surface area (Å²) in [6.07, 6.45) is -6.62. The summed E-state index contributed by atoms with van der Waals surface area (Å²) in [5.41, 5.74) is -0.276. The second-order valence-corrected chi connectivity index (χ2v) is 7.48. The molecule has 0 aromatic rings. The van der Waals surface area contributed by atoms with Gasteiger partial charge in [-0.15, -0.1) is 0 Å². The van der Waals surface area contributed by atoms with Crippen LogP contribution in [0.5, 0.6) is 0 Å². The molecule has 9 atom stereocenters. The fourth-order valence-corrected chi connectivity index (χ4v) is 4.15. The summed E-state index contributed by atoms with van der Waals surface area (Å²) in [5.74, 6) is -1.27. The lowest BCUT2D eigenvalue weighted by atomic mass is 9.69. The van der Waals surface area contributed by atoms with Crippen molar-refractivity contribution in [3.8, 4) is 0 Å². The second kappa shape index (κ2) is 7.71. The van der Waals surface area contributed by atoms with E-state index in [2.05, 4.69) is 0 Å². The van der Waals surface area contributed by atoms with Crippen LogP contribution in [-0.2, 0) is 23.7 Å². The number of fused-ring (bicyclic) bond motifs is 1. The molecule has 1 saturated heterocycles. The van der Waals surface area contributed by atoms with Gasteiger partial charge in [0.15, 0.2) is 6.29 Å². The summed E-state index contributed by atoms with van der Waals surface area (Å²) in [4.78, 5) is 12.2. The molecular weight excluding hydrogens is 376 g/mol. The van der Waals surface area contributed by atoms with E-state index in [0.717, 1.165) is 6.26 Å². The molecule has 28 heavy (non-hydrogen) atoms. The molecule has 0 aromatic carbocycles. The molecule has 2 heterocycles. The van der Waals surface area contributed by atoms with Crippen molar-refractivity contribution in [2.75, 3.05) is 13.7 Å². The van der Waals surface area contributed by atoms with Crippen LogP contribution in [0.3, 0.4) is 0 Å². The molecule has 3 rings (SSSR count). The van der Waals surface area contributed by atoms with Crippen LogP contribution in [0.15, 0.2) is 23.5 Å². The third-order valence-electron chi connectivity index (χ3n) is 5.87. The Labute approximate surface area is 161 Å². The molecule has 0 saturated carbocycles. The lowest BCUT2D eigenvalue weighted by molar-refractivity contribution is -0.342. The van der Waals surface area contributed by atoms with E-state index >= 15 is 0 Å². The highest BCUT2D eigenvalue weighted by atomic mass is 16.8. The number of carbonyl (C=O) groups excluding carboxylic acids is 1. The van der Waals surface area contributed by atoms with Crippen LogP contribution in [0, 0.1) is 11.3 Å². The van der Waals surface area contributed by atoms with Crippen molar-refractivity contribution in [1.29, 1.82) is 0 Å². The predicted octanol–water partition coefficient (Wildman–Crippen LogP) is -1.84. The van der Waals surface area contributed by atoms with Crippen LogP contribution in [-0.4, -0.2) is 88.3 Å². The number of hydrogen-bond acceptors (Lipinski definition) is 10.